The maximum atomic E-state index is 10.0. The van der Waals surface area contributed by atoms with Gasteiger partial charge in [0.05, 0.1) is 13.2 Å². The summed E-state index contributed by atoms with van der Waals surface area (Å²) in [5, 5.41) is 10.0. The van der Waals surface area contributed by atoms with Gasteiger partial charge in [0.1, 0.15) is 18.1 Å². The lowest BCUT2D eigenvalue weighted by Crippen LogP contribution is -2.35. The number of hydrogen-bond donors (Lipinski definition) is 1. The molecular formula is C18H21NO3. The van der Waals surface area contributed by atoms with Crippen LogP contribution in [0, 0.1) is 0 Å². The van der Waals surface area contributed by atoms with Crippen LogP contribution in [0.3, 0.4) is 0 Å². The van der Waals surface area contributed by atoms with E-state index < -0.39 is 0 Å². The molecular weight excluding hydrogens is 278 g/mol. The van der Waals surface area contributed by atoms with E-state index in [0.717, 1.165) is 49.7 Å². The van der Waals surface area contributed by atoms with Crippen LogP contribution in [0.2, 0.25) is 0 Å². The lowest BCUT2D eigenvalue weighted by molar-refractivity contribution is 0.0338. The Balaban J connectivity index is 1.64. The summed E-state index contributed by atoms with van der Waals surface area (Å²) in [5.41, 5.74) is 2.03. The molecule has 0 unspecified atom stereocenters. The molecule has 1 saturated heterocycles. The molecule has 116 valence electrons. The van der Waals surface area contributed by atoms with Crippen molar-refractivity contribution in [2.24, 2.45) is 0 Å². The first kappa shape index (κ1) is 14.9. The van der Waals surface area contributed by atoms with Crippen LogP contribution in [0.15, 0.2) is 48.5 Å². The van der Waals surface area contributed by atoms with Crippen molar-refractivity contribution < 1.29 is 14.6 Å². The van der Waals surface area contributed by atoms with E-state index in [1.54, 1.807) is 12.1 Å². The van der Waals surface area contributed by atoms with E-state index in [-0.39, 0.29) is 0 Å². The van der Waals surface area contributed by atoms with Crippen LogP contribution in [0.25, 0.3) is 0 Å². The number of nitrogens with zero attached hydrogens (tertiary/aromatic N) is 1. The van der Waals surface area contributed by atoms with Gasteiger partial charge in [-0.05, 0) is 23.8 Å². The Hall–Kier alpha value is -2.04. The summed E-state index contributed by atoms with van der Waals surface area (Å²) in [6, 6.07) is 15.5. The van der Waals surface area contributed by atoms with Crippen molar-refractivity contribution in [3.63, 3.8) is 0 Å². The molecule has 22 heavy (non-hydrogen) atoms. The lowest BCUT2D eigenvalue weighted by Gasteiger charge is -2.26. The van der Waals surface area contributed by atoms with E-state index in [0.29, 0.717) is 12.4 Å². The van der Waals surface area contributed by atoms with E-state index in [4.69, 9.17) is 9.47 Å². The summed E-state index contributed by atoms with van der Waals surface area (Å²) in [6.07, 6.45) is 0. The monoisotopic (exact) mass is 299 g/mol. The molecule has 0 atom stereocenters. The topological polar surface area (TPSA) is 41.9 Å². The highest BCUT2D eigenvalue weighted by atomic mass is 16.5. The maximum Gasteiger partial charge on any atom is 0.120 e. The predicted molar refractivity (Wildman–Crippen MR) is 85.0 cm³/mol. The number of phenols is 1. The molecule has 0 radical (unpaired) electrons. The third-order valence-electron chi connectivity index (χ3n) is 3.80. The van der Waals surface area contributed by atoms with Crippen molar-refractivity contribution >= 4 is 0 Å². The minimum absolute atomic E-state index is 0.318. The molecule has 0 aromatic heterocycles. The minimum atomic E-state index is 0.318. The molecule has 1 fully saturated rings. The molecule has 0 saturated carbocycles. The van der Waals surface area contributed by atoms with Crippen molar-refractivity contribution in [2.75, 3.05) is 26.3 Å². The molecule has 0 aliphatic carbocycles. The zero-order valence-corrected chi connectivity index (χ0v) is 12.6. The number of ether oxygens (including phenoxy) is 2. The Morgan fingerprint density at radius 1 is 1.05 bits per heavy atom. The molecule has 1 N–H and O–H groups in total. The van der Waals surface area contributed by atoms with Crippen LogP contribution in [0.4, 0.5) is 0 Å². The van der Waals surface area contributed by atoms with Crippen molar-refractivity contribution in [1.82, 2.24) is 4.90 Å². The molecule has 1 aliphatic heterocycles. The molecule has 1 heterocycles. The second kappa shape index (κ2) is 7.29. The summed E-state index contributed by atoms with van der Waals surface area (Å²) in [4.78, 5) is 2.28. The summed E-state index contributed by atoms with van der Waals surface area (Å²) in [5.74, 6) is 1.10. The Morgan fingerprint density at radius 2 is 1.82 bits per heavy atom. The first-order valence-corrected chi connectivity index (χ1v) is 7.60. The molecule has 2 aromatic carbocycles. The highest BCUT2D eigenvalue weighted by Gasteiger charge is 2.13. The molecule has 1 aliphatic rings. The van der Waals surface area contributed by atoms with E-state index in [1.165, 1.54) is 0 Å². The minimum Gasteiger partial charge on any atom is -0.508 e. The number of hydrogen-bond acceptors (Lipinski definition) is 4. The van der Waals surface area contributed by atoms with Crippen molar-refractivity contribution in [3.8, 4) is 11.5 Å². The second-order valence-electron chi connectivity index (χ2n) is 5.45. The SMILES string of the molecule is Oc1ccc(OCc2ccccc2)cc1CN1CCOCC1. The van der Waals surface area contributed by atoms with Gasteiger partial charge in [0.2, 0.25) is 0 Å². The Morgan fingerprint density at radius 3 is 2.59 bits per heavy atom. The van der Waals surface area contributed by atoms with Crippen molar-refractivity contribution in [3.05, 3.63) is 59.7 Å². The van der Waals surface area contributed by atoms with Crippen LogP contribution in [0.5, 0.6) is 11.5 Å². The van der Waals surface area contributed by atoms with E-state index in [1.807, 2.05) is 36.4 Å². The average Bonchev–Trinajstić information content (AvgIpc) is 2.57. The Kier molecular flexibility index (Phi) is 4.93. The van der Waals surface area contributed by atoms with Gasteiger partial charge < -0.3 is 14.6 Å². The standard InChI is InChI=1S/C18H21NO3/c20-18-7-6-17(22-14-15-4-2-1-3-5-15)12-16(18)13-19-8-10-21-11-9-19/h1-7,12,20H,8-11,13-14H2. The van der Waals surface area contributed by atoms with Gasteiger partial charge in [0.25, 0.3) is 0 Å². The fourth-order valence-corrected chi connectivity index (χ4v) is 2.52. The third kappa shape index (κ3) is 4.00. The molecule has 3 rings (SSSR count). The number of aromatic hydroxyl groups is 1. The molecule has 4 heteroatoms. The first-order valence-electron chi connectivity index (χ1n) is 7.60. The lowest BCUT2D eigenvalue weighted by atomic mass is 10.1. The summed E-state index contributed by atoms with van der Waals surface area (Å²) in [6.45, 7) is 4.55. The summed E-state index contributed by atoms with van der Waals surface area (Å²) < 4.78 is 11.2. The molecule has 4 nitrogen and oxygen atoms in total. The second-order valence-corrected chi connectivity index (χ2v) is 5.45. The Labute approximate surface area is 130 Å². The highest BCUT2D eigenvalue weighted by molar-refractivity contribution is 5.39. The van der Waals surface area contributed by atoms with Gasteiger partial charge in [-0.2, -0.15) is 0 Å². The van der Waals surface area contributed by atoms with Crippen LogP contribution in [0.1, 0.15) is 11.1 Å². The molecule has 0 bridgehead atoms. The highest BCUT2D eigenvalue weighted by Crippen LogP contribution is 2.25. The smallest absolute Gasteiger partial charge is 0.120 e. The van der Waals surface area contributed by atoms with Crippen LogP contribution in [-0.4, -0.2) is 36.3 Å². The number of rotatable bonds is 5. The molecule has 2 aromatic rings. The first-order chi connectivity index (χ1) is 10.8. The number of phenolic OH excluding ortho intramolecular Hbond substituents is 1. The Bertz CT molecular complexity index is 595. The zero-order chi connectivity index (χ0) is 15.2. The predicted octanol–water partition coefficient (Wildman–Crippen LogP) is 2.80. The quantitative estimate of drug-likeness (QED) is 0.922. The largest absolute Gasteiger partial charge is 0.508 e. The summed E-state index contributed by atoms with van der Waals surface area (Å²) in [7, 11) is 0. The van der Waals surface area contributed by atoms with E-state index >= 15 is 0 Å². The van der Waals surface area contributed by atoms with Gasteiger partial charge in [-0.3, -0.25) is 4.90 Å². The molecule has 0 amide bonds. The number of morpholine rings is 1. The van der Waals surface area contributed by atoms with Crippen molar-refractivity contribution in [2.45, 2.75) is 13.2 Å². The van der Waals surface area contributed by atoms with Gasteiger partial charge in [0, 0.05) is 25.2 Å². The van der Waals surface area contributed by atoms with E-state index in [2.05, 4.69) is 4.90 Å². The van der Waals surface area contributed by atoms with Gasteiger partial charge in [-0.1, -0.05) is 30.3 Å². The summed E-state index contributed by atoms with van der Waals surface area (Å²) >= 11 is 0. The van der Waals surface area contributed by atoms with E-state index in [9.17, 15) is 5.11 Å². The number of benzene rings is 2. The van der Waals surface area contributed by atoms with Crippen LogP contribution in [-0.2, 0) is 17.9 Å². The van der Waals surface area contributed by atoms with Gasteiger partial charge in [0.15, 0.2) is 0 Å². The fourth-order valence-electron chi connectivity index (χ4n) is 2.52. The van der Waals surface area contributed by atoms with Gasteiger partial charge >= 0.3 is 0 Å². The zero-order valence-electron chi connectivity index (χ0n) is 12.6. The average molecular weight is 299 g/mol. The van der Waals surface area contributed by atoms with Crippen LogP contribution < -0.4 is 4.74 Å². The maximum absolute atomic E-state index is 10.0. The van der Waals surface area contributed by atoms with Crippen molar-refractivity contribution in [1.29, 1.82) is 0 Å². The van der Waals surface area contributed by atoms with Gasteiger partial charge in [-0.25, -0.2) is 0 Å². The molecule has 0 spiro atoms. The fraction of sp³-hybridized carbons (Fsp3) is 0.333. The third-order valence-corrected chi connectivity index (χ3v) is 3.80. The normalized spacial score (nSPS) is 15.6. The van der Waals surface area contributed by atoms with Gasteiger partial charge in [-0.15, -0.1) is 0 Å². The van der Waals surface area contributed by atoms with Crippen LogP contribution >= 0.6 is 0 Å².